The van der Waals surface area contributed by atoms with Crippen molar-refractivity contribution in [3.63, 3.8) is 0 Å². The smallest absolute Gasteiger partial charge is 0.139 e. The van der Waals surface area contributed by atoms with Crippen molar-refractivity contribution >= 4 is 16.7 Å². The molecule has 0 saturated heterocycles. The van der Waals surface area contributed by atoms with Crippen LogP contribution in [-0.4, -0.2) is 15.6 Å². The molecule has 0 aliphatic rings. The van der Waals surface area contributed by atoms with Gasteiger partial charge >= 0.3 is 0 Å². The predicted molar refractivity (Wildman–Crippen MR) is 73.5 cm³/mol. The summed E-state index contributed by atoms with van der Waals surface area (Å²) in [6.07, 6.45) is 1.02. The van der Waals surface area contributed by atoms with E-state index in [-0.39, 0.29) is 11.2 Å². The van der Waals surface area contributed by atoms with E-state index in [9.17, 15) is 4.79 Å². The molecule has 18 heavy (non-hydrogen) atoms. The van der Waals surface area contributed by atoms with Crippen molar-refractivity contribution in [3.8, 4) is 0 Å². The Labute approximate surface area is 108 Å². The van der Waals surface area contributed by atoms with Crippen LogP contribution in [0.4, 0.5) is 0 Å². The quantitative estimate of drug-likeness (QED) is 0.831. The molecule has 0 radical (unpaired) electrons. The number of para-hydroxylation sites is 1. The van der Waals surface area contributed by atoms with Crippen LogP contribution in [0.1, 0.15) is 32.9 Å². The van der Waals surface area contributed by atoms with E-state index in [2.05, 4.69) is 25.9 Å². The minimum Gasteiger partial charge on any atom is -0.299 e. The number of benzene rings is 1. The fourth-order valence-corrected chi connectivity index (χ4v) is 2.26. The summed E-state index contributed by atoms with van der Waals surface area (Å²) in [4.78, 5) is 12.0. The van der Waals surface area contributed by atoms with Crippen molar-refractivity contribution in [2.24, 2.45) is 12.5 Å². The average Bonchev–Trinajstić information content (AvgIpc) is 2.54. The highest BCUT2D eigenvalue weighted by Crippen LogP contribution is 2.22. The van der Waals surface area contributed by atoms with Crippen LogP contribution in [0.2, 0.25) is 0 Å². The third-order valence-corrected chi connectivity index (χ3v) is 2.93. The number of aromatic nitrogens is 2. The molecule has 0 fully saturated rings. The highest BCUT2D eigenvalue weighted by molar-refractivity contribution is 5.88. The van der Waals surface area contributed by atoms with Crippen molar-refractivity contribution in [1.82, 2.24) is 9.78 Å². The summed E-state index contributed by atoms with van der Waals surface area (Å²) < 4.78 is 1.84. The van der Waals surface area contributed by atoms with Crippen LogP contribution < -0.4 is 0 Å². The number of Topliss-reactive ketones (excluding diaryl/α,β-unsaturated/α-hetero) is 1. The molecule has 1 aromatic carbocycles. The van der Waals surface area contributed by atoms with Gasteiger partial charge in [-0.05, 0) is 11.5 Å². The Morgan fingerprint density at radius 2 is 1.94 bits per heavy atom. The van der Waals surface area contributed by atoms with Gasteiger partial charge in [-0.2, -0.15) is 5.10 Å². The molecule has 1 heterocycles. The lowest BCUT2D eigenvalue weighted by Gasteiger charge is -2.16. The number of carbonyl (C=O) groups is 1. The van der Waals surface area contributed by atoms with E-state index in [1.807, 2.05) is 36.0 Å². The Hall–Kier alpha value is -1.64. The fraction of sp³-hybridized carbons (Fsp3) is 0.467. The first-order valence-electron chi connectivity index (χ1n) is 6.29. The van der Waals surface area contributed by atoms with Gasteiger partial charge in [0.25, 0.3) is 0 Å². The van der Waals surface area contributed by atoms with Crippen LogP contribution in [0.5, 0.6) is 0 Å². The second-order valence-electron chi connectivity index (χ2n) is 6.04. The molecule has 0 spiro atoms. The Bertz CT molecular complexity index is 576. The van der Waals surface area contributed by atoms with Gasteiger partial charge in [-0.15, -0.1) is 0 Å². The van der Waals surface area contributed by atoms with Crippen molar-refractivity contribution in [1.29, 1.82) is 0 Å². The number of hydrogen-bond acceptors (Lipinski definition) is 2. The van der Waals surface area contributed by atoms with Crippen molar-refractivity contribution < 1.29 is 4.79 Å². The molecular formula is C15H20N2O. The van der Waals surface area contributed by atoms with Gasteiger partial charge in [0, 0.05) is 18.9 Å². The summed E-state index contributed by atoms with van der Waals surface area (Å²) in [5.74, 6) is 0.256. The summed E-state index contributed by atoms with van der Waals surface area (Å²) in [6, 6.07) is 8.04. The SMILES string of the molecule is Cn1nc(CC(=O)CC(C)(C)C)c2ccccc21. The van der Waals surface area contributed by atoms with Gasteiger partial charge < -0.3 is 0 Å². The first-order valence-corrected chi connectivity index (χ1v) is 6.29. The third kappa shape index (κ3) is 2.78. The molecule has 0 aliphatic heterocycles. The standard InChI is InChI=1S/C15H20N2O/c1-15(2,3)10-11(18)9-13-12-7-5-6-8-14(12)17(4)16-13/h5-8H,9-10H2,1-4H3. The zero-order chi connectivity index (χ0) is 13.3. The Morgan fingerprint density at radius 3 is 2.61 bits per heavy atom. The summed E-state index contributed by atoms with van der Waals surface area (Å²) in [7, 11) is 1.92. The lowest BCUT2D eigenvalue weighted by atomic mass is 9.88. The van der Waals surface area contributed by atoms with Crippen LogP contribution in [0.25, 0.3) is 10.9 Å². The topological polar surface area (TPSA) is 34.9 Å². The first-order chi connectivity index (χ1) is 8.37. The van der Waals surface area contributed by atoms with Gasteiger partial charge in [0.05, 0.1) is 17.6 Å². The van der Waals surface area contributed by atoms with Gasteiger partial charge in [-0.1, -0.05) is 39.0 Å². The highest BCUT2D eigenvalue weighted by atomic mass is 16.1. The number of carbonyl (C=O) groups excluding carboxylic acids is 1. The summed E-state index contributed by atoms with van der Waals surface area (Å²) in [5.41, 5.74) is 2.01. The maximum absolute atomic E-state index is 12.0. The summed E-state index contributed by atoms with van der Waals surface area (Å²) >= 11 is 0. The van der Waals surface area contributed by atoms with E-state index >= 15 is 0 Å². The molecule has 3 heteroatoms. The maximum atomic E-state index is 12.0. The normalized spacial score (nSPS) is 12.0. The van der Waals surface area contributed by atoms with E-state index in [1.54, 1.807) is 0 Å². The van der Waals surface area contributed by atoms with Crippen molar-refractivity contribution in [2.75, 3.05) is 0 Å². The first kappa shape index (κ1) is 12.8. The number of aryl methyl sites for hydroxylation is 1. The molecule has 0 bridgehead atoms. The van der Waals surface area contributed by atoms with E-state index in [1.165, 1.54) is 0 Å². The zero-order valence-corrected chi connectivity index (χ0v) is 11.5. The number of nitrogens with zero attached hydrogens (tertiary/aromatic N) is 2. The maximum Gasteiger partial charge on any atom is 0.139 e. The molecule has 2 rings (SSSR count). The minimum absolute atomic E-state index is 0.0433. The van der Waals surface area contributed by atoms with E-state index in [0.29, 0.717) is 12.8 Å². The minimum atomic E-state index is 0.0433. The lowest BCUT2D eigenvalue weighted by Crippen LogP contribution is -2.15. The molecule has 0 N–H and O–H groups in total. The number of rotatable bonds is 3. The van der Waals surface area contributed by atoms with Gasteiger partial charge in [0.15, 0.2) is 0 Å². The zero-order valence-electron chi connectivity index (χ0n) is 11.5. The number of ketones is 1. The second-order valence-corrected chi connectivity index (χ2v) is 6.04. The van der Waals surface area contributed by atoms with E-state index in [0.717, 1.165) is 16.6 Å². The van der Waals surface area contributed by atoms with E-state index < -0.39 is 0 Å². The molecule has 0 amide bonds. The largest absolute Gasteiger partial charge is 0.299 e. The van der Waals surface area contributed by atoms with Crippen molar-refractivity contribution in [3.05, 3.63) is 30.0 Å². The van der Waals surface area contributed by atoms with Gasteiger partial charge in [-0.25, -0.2) is 0 Å². The Balaban J connectivity index is 2.25. The monoisotopic (exact) mass is 244 g/mol. The fourth-order valence-electron chi connectivity index (χ4n) is 2.26. The molecular weight excluding hydrogens is 224 g/mol. The molecule has 0 saturated carbocycles. The van der Waals surface area contributed by atoms with Gasteiger partial charge in [-0.3, -0.25) is 9.48 Å². The molecule has 2 aromatic rings. The molecule has 1 aromatic heterocycles. The Kier molecular flexibility index (Phi) is 3.24. The molecule has 0 aliphatic carbocycles. The van der Waals surface area contributed by atoms with Crippen LogP contribution in [-0.2, 0) is 18.3 Å². The predicted octanol–water partition coefficient (Wildman–Crippen LogP) is 3.12. The third-order valence-electron chi connectivity index (χ3n) is 2.93. The van der Waals surface area contributed by atoms with Crippen LogP contribution in [0, 0.1) is 5.41 Å². The number of hydrogen-bond donors (Lipinski definition) is 0. The molecule has 0 atom stereocenters. The highest BCUT2D eigenvalue weighted by Gasteiger charge is 2.18. The van der Waals surface area contributed by atoms with Crippen LogP contribution >= 0.6 is 0 Å². The summed E-state index contributed by atoms with van der Waals surface area (Å²) in [5, 5.41) is 5.54. The molecule has 3 nitrogen and oxygen atoms in total. The van der Waals surface area contributed by atoms with Gasteiger partial charge in [0.2, 0.25) is 0 Å². The molecule has 96 valence electrons. The number of fused-ring (bicyclic) bond motifs is 1. The molecule has 0 unspecified atom stereocenters. The van der Waals surface area contributed by atoms with E-state index in [4.69, 9.17) is 0 Å². The van der Waals surface area contributed by atoms with Gasteiger partial charge in [0.1, 0.15) is 5.78 Å². The van der Waals surface area contributed by atoms with Crippen molar-refractivity contribution in [2.45, 2.75) is 33.6 Å². The average molecular weight is 244 g/mol. The summed E-state index contributed by atoms with van der Waals surface area (Å²) in [6.45, 7) is 6.25. The Morgan fingerprint density at radius 1 is 1.28 bits per heavy atom. The second kappa shape index (κ2) is 4.56. The van der Waals surface area contributed by atoms with Crippen LogP contribution in [0.3, 0.4) is 0 Å². The van der Waals surface area contributed by atoms with Crippen LogP contribution in [0.15, 0.2) is 24.3 Å². The lowest BCUT2D eigenvalue weighted by molar-refractivity contribution is -0.120.